The summed E-state index contributed by atoms with van der Waals surface area (Å²) < 4.78 is 7.14. The number of amides is 1. The number of fused-ring (bicyclic) bond motifs is 1. The van der Waals surface area contributed by atoms with Gasteiger partial charge in [0, 0.05) is 30.3 Å². The molecule has 2 aromatic heterocycles. The Balaban J connectivity index is 1.80. The summed E-state index contributed by atoms with van der Waals surface area (Å²) in [7, 11) is 1.64. The molecular weight excluding hydrogens is 280 g/mol. The SMILES string of the molecule is C[C@H](NC(=O)c1ccn(C)c(=O)c1)c1cc2ccccc2o1. The predicted molar refractivity (Wildman–Crippen MR) is 83.8 cm³/mol. The maximum atomic E-state index is 12.2. The molecule has 1 aromatic carbocycles. The van der Waals surface area contributed by atoms with Gasteiger partial charge in [0.15, 0.2) is 0 Å². The second-order valence-electron chi connectivity index (χ2n) is 5.25. The van der Waals surface area contributed by atoms with E-state index in [1.165, 1.54) is 10.6 Å². The van der Waals surface area contributed by atoms with E-state index >= 15 is 0 Å². The number of pyridine rings is 1. The summed E-state index contributed by atoms with van der Waals surface area (Å²) >= 11 is 0. The second kappa shape index (κ2) is 5.52. The van der Waals surface area contributed by atoms with Crippen LogP contribution in [0, 0.1) is 0 Å². The molecule has 0 radical (unpaired) electrons. The summed E-state index contributed by atoms with van der Waals surface area (Å²) in [6, 6.07) is 12.2. The smallest absolute Gasteiger partial charge is 0.252 e. The van der Waals surface area contributed by atoms with Crippen LogP contribution in [-0.2, 0) is 7.05 Å². The molecule has 1 amide bonds. The van der Waals surface area contributed by atoms with Crippen molar-refractivity contribution in [3.8, 4) is 0 Å². The number of furan rings is 1. The van der Waals surface area contributed by atoms with Crippen LogP contribution in [0.15, 0.2) is 57.9 Å². The first kappa shape index (κ1) is 14.1. The number of aromatic nitrogens is 1. The Morgan fingerprint density at radius 2 is 2.00 bits per heavy atom. The number of rotatable bonds is 3. The summed E-state index contributed by atoms with van der Waals surface area (Å²) in [5.41, 5.74) is 0.905. The van der Waals surface area contributed by atoms with Crippen LogP contribution < -0.4 is 10.9 Å². The average molecular weight is 296 g/mol. The fraction of sp³-hybridized carbons (Fsp3) is 0.176. The van der Waals surface area contributed by atoms with Gasteiger partial charge in [0.1, 0.15) is 11.3 Å². The number of benzene rings is 1. The molecule has 22 heavy (non-hydrogen) atoms. The maximum Gasteiger partial charge on any atom is 0.252 e. The van der Waals surface area contributed by atoms with Crippen molar-refractivity contribution in [2.75, 3.05) is 0 Å². The van der Waals surface area contributed by atoms with Crippen LogP contribution in [0.5, 0.6) is 0 Å². The number of nitrogens with zero attached hydrogens (tertiary/aromatic N) is 1. The molecule has 3 rings (SSSR count). The number of carbonyl (C=O) groups excluding carboxylic acids is 1. The standard InChI is InChI=1S/C17H16N2O3/c1-11(15-9-12-5-3-4-6-14(12)22-15)18-17(21)13-7-8-19(2)16(20)10-13/h3-11H,1-2H3,(H,18,21)/t11-/m0/s1. The van der Waals surface area contributed by atoms with E-state index in [4.69, 9.17) is 4.42 Å². The molecule has 112 valence electrons. The van der Waals surface area contributed by atoms with E-state index in [-0.39, 0.29) is 17.5 Å². The minimum absolute atomic E-state index is 0.218. The number of carbonyl (C=O) groups is 1. The highest BCUT2D eigenvalue weighted by Gasteiger charge is 2.15. The molecule has 5 heteroatoms. The van der Waals surface area contributed by atoms with E-state index in [1.807, 2.05) is 37.3 Å². The van der Waals surface area contributed by atoms with E-state index in [2.05, 4.69) is 5.32 Å². The molecule has 2 heterocycles. The van der Waals surface area contributed by atoms with Gasteiger partial charge in [-0.05, 0) is 25.1 Å². The molecule has 0 saturated carbocycles. The molecule has 0 aliphatic carbocycles. The zero-order valence-electron chi connectivity index (χ0n) is 12.4. The third kappa shape index (κ3) is 2.65. The van der Waals surface area contributed by atoms with E-state index in [0.717, 1.165) is 11.0 Å². The van der Waals surface area contributed by atoms with Gasteiger partial charge in [0.05, 0.1) is 6.04 Å². The Hall–Kier alpha value is -2.82. The number of nitrogens with one attached hydrogen (secondary N) is 1. The van der Waals surface area contributed by atoms with Gasteiger partial charge in [-0.2, -0.15) is 0 Å². The quantitative estimate of drug-likeness (QED) is 0.808. The van der Waals surface area contributed by atoms with E-state index in [9.17, 15) is 9.59 Å². The largest absolute Gasteiger partial charge is 0.459 e. The summed E-state index contributed by atoms with van der Waals surface area (Å²) in [6.07, 6.45) is 1.57. The Morgan fingerprint density at radius 3 is 2.73 bits per heavy atom. The van der Waals surface area contributed by atoms with Crippen molar-refractivity contribution >= 4 is 16.9 Å². The van der Waals surface area contributed by atoms with Gasteiger partial charge < -0.3 is 14.3 Å². The van der Waals surface area contributed by atoms with Crippen molar-refractivity contribution in [3.63, 3.8) is 0 Å². The molecule has 0 fully saturated rings. The van der Waals surface area contributed by atoms with Crippen LogP contribution in [0.1, 0.15) is 29.1 Å². The van der Waals surface area contributed by atoms with Crippen LogP contribution in [0.3, 0.4) is 0 Å². The molecule has 1 N–H and O–H groups in total. The highest BCUT2D eigenvalue weighted by Crippen LogP contribution is 2.23. The summed E-state index contributed by atoms with van der Waals surface area (Å²) in [5.74, 6) is 0.379. The predicted octanol–water partition coefficient (Wildman–Crippen LogP) is 2.62. The van der Waals surface area contributed by atoms with Crippen molar-refractivity contribution < 1.29 is 9.21 Å². The molecule has 0 bridgehead atoms. The highest BCUT2D eigenvalue weighted by atomic mass is 16.3. The third-order valence-electron chi connectivity index (χ3n) is 3.59. The van der Waals surface area contributed by atoms with E-state index in [0.29, 0.717) is 11.3 Å². The first-order chi connectivity index (χ1) is 10.5. The van der Waals surface area contributed by atoms with Crippen LogP contribution in [-0.4, -0.2) is 10.5 Å². The van der Waals surface area contributed by atoms with Crippen molar-refractivity contribution in [2.24, 2.45) is 7.05 Å². The summed E-state index contributed by atoms with van der Waals surface area (Å²) in [6.45, 7) is 1.84. The zero-order valence-corrected chi connectivity index (χ0v) is 12.4. The lowest BCUT2D eigenvalue weighted by Gasteiger charge is -2.11. The van der Waals surface area contributed by atoms with Gasteiger partial charge in [0.2, 0.25) is 0 Å². The lowest BCUT2D eigenvalue weighted by atomic mass is 10.2. The second-order valence-corrected chi connectivity index (χ2v) is 5.25. The molecule has 0 aliphatic heterocycles. The molecule has 1 atom stereocenters. The Morgan fingerprint density at radius 1 is 1.23 bits per heavy atom. The van der Waals surface area contributed by atoms with Crippen LogP contribution in [0.4, 0.5) is 0 Å². The van der Waals surface area contributed by atoms with Crippen LogP contribution in [0.2, 0.25) is 0 Å². The summed E-state index contributed by atoms with van der Waals surface area (Å²) in [5, 5.41) is 3.83. The third-order valence-corrected chi connectivity index (χ3v) is 3.59. The number of aryl methyl sites for hydroxylation is 1. The average Bonchev–Trinajstić information content (AvgIpc) is 2.94. The van der Waals surface area contributed by atoms with Crippen molar-refractivity contribution in [1.82, 2.24) is 9.88 Å². The molecular formula is C17H16N2O3. The topological polar surface area (TPSA) is 64.2 Å². The van der Waals surface area contributed by atoms with Crippen LogP contribution >= 0.6 is 0 Å². The lowest BCUT2D eigenvalue weighted by Crippen LogP contribution is -2.28. The number of hydrogen-bond acceptors (Lipinski definition) is 3. The molecule has 3 aromatic rings. The molecule has 0 saturated heterocycles. The monoisotopic (exact) mass is 296 g/mol. The first-order valence-electron chi connectivity index (χ1n) is 7.00. The Labute approximate surface area is 127 Å². The van der Waals surface area contributed by atoms with Gasteiger partial charge in [-0.15, -0.1) is 0 Å². The fourth-order valence-electron chi connectivity index (χ4n) is 2.26. The van der Waals surface area contributed by atoms with Crippen LogP contribution in [0.25, 0.3) is 11.0 Å². The van der Waals surface area contributed by atoms with Crippen molar-refractivity contribution in [2.45, 2.75) is 13.0 Å². The van der Waals surface area contributed by atoms with Gasteiger partial charge in [-0.3, -0.25) is 9.59 Å². The normalized spacial score (nSPS) is 12.3. The van der Waals surface area contributed by atoms with Gasteiger partial charge in [-0.1, -0.05) is 18.2 Å². The molecule has 0 unspecified atom stereocenters. The zero-order chi connectivity index (χ0) is 15.7. The first-order valence-corrected chi connectivity index (χ1v) is 7.00. The maximum absolute atomic E-state index is 12.2. The summed E-state index contributed by atoms with van der Waals surface area (Å²) in [4.78, 5) is 23.8. The minimum atomic E-state index is -0.300. The Kier molecular flexibility index (Phi) is 3.55. The fourth-order valence-corrected chi connectivity index (χ4v) is 2.26. The van der Waals surface area contributed by atoms with Crippen molar-refractivity contribution in [1.29, 1.82) is 0 Å². The molecule has 5 nitrogen and oxygen atoms in total. The van der Waals surface area contributed by atoms with Gasteiger partial charge in [-0.25, -0.2) is 0 Å². The number of para-hydroxylation sites is 1. The number of hydrogen-bond donors (Lipinski definition) is 1. The Bertz CT molecular complexity index is 859. The lowest BCUT2D eigenvalue weighted by molar-refractivity contribution is 0.0935. The van der Waals surface area contributed by atoms with E-state index in [1.54, 1.807) is 19.3 Å². The van der Waals surface area contributed by atoms with E-state index < -0.39 is 0 Å². The molecule has 0 spiro atoms. The minimum Gasteiger partial charge on any atom is -0.459 e. The highest BCUT2D eigenvalue weighted by molar-refractivity contribution is 5.94. The van der Waals surface area contributed by atoms with Gasteiger partial charge in [0.25, 0.3) is 11.5 Å². The van der Waals surface area contributed by atoms with Crippen molar-refractivity contribution in [3.05, 3.63) is 70.3 Å². The molecule has 0 aliphatic rings. The van der Waals surface area contributed by atoms with Gasteiger partial charge >= 0.3 is 0 Å².